The summed E-state index contributed by atoms with van der Waals surface area (Å²) in [5.74, 6) is 0. The van der Waals surface area contributed by atoms with Crippen LogP contribution in [0.2, 0.25) is 0 Å². The predicted octanol–water partition coefficient (Wildman–Crippen LogP) is 1.23. The highest BCUT2D eigenvalue weighted by molar-refractivity contribution is 5.39. The van der Waals surface area contributed by atoms with Crippen molar-refractivity contribution >= 4 is 6.08 Å². The molecular weight excluding hydrogens is 166 g/mol. The van der Waals surface area contributed by atoms with Crippen LogP contribution >= 0.6 is 0 Å². The van der Waals surface area contributed by atoms with Gasteiger partial charge in [0.05, 0.1) is 5.69 Å². The number of hydrogen-bond donors (Lipinski definition) is 0. The summed E-state index contributed by atoms with van der Waals surface area (Å²) in [6.45, 7) is 2.88. The molecule has 68 valence electrons. The SMILES string of the molecule is CCn1ccc(C2(N=C=O)CC2)n1. The zero-order valence-electron chi connectivity index (χ0n) is 7.53. The van der Waals surface area contributed by atoms with Gasteiger partial charge in [0.1, 0.15) is 5.54 Å². The number of aryl methyl sites for hydroxylation is 1. The van der Waals surface area contributed by atoms with Gasteiger partial charge in [-0.05, 0) is 25.8 Å². The Hall–Kier alpha value is -1.41. The van der Waals surface area contributed by atoms with Crippen LogP contribution in [0.4, 0.5) is 0 Å². The molecule has 0 aliphatic heterocycles. The molecule has 0 radical (unpaired) electrons. The van der Waals surface area contributed by atoms with Crippen molar-refractivity contribution in [2.24, 2.45) is 4.99 Å². The quantitative estimate of drug-likeness (QED) is 0.515. The standard InChI is InChI=1S/C9H11N3O/c1-2-12-6-3-8(11-12)9(4-5-9)10-7-13/h3,6H,2,4-5H2,1H3. The van der Waals surface area contributed by atoms with Gasteiger partial charge in [0.2, 0.25) is 6.08 Å². The average molecular weight is 177 g/mol. The van der Waals surface area contributed by atoms with Gasteiger partial charge in [-0.2, -0.15) is 10.1 Å². The minimum Gasteiger partial charge on any atom is -0.273 e. The summed E-state index contributed by atoms with van der Waals surface area (Å²) in [4.78, 5) is 14.0. The topological polar surface area (TPSA) is 47.2 Å². The molecular formula is C9H11N3O. The number of carbonyl (C=O) groups excluding carboxylic acids is 1. The summed E-state index contributed by atoms with van der Waals surface area (Å²) < 4.78 is 1.84. The van der Waals surface area contributed by atoms with Gasteiger partial charge in [-0.3, -0.25) is 4.68 Å². The van der Waals surface area contributed by atoms with Gasteiger partial charge in [0.25, 0.3) is 0 Å². The molecule has 0 amide bonds. The molecule has 1 saturated carbocycles. The first-order valence-electron chi connectivity index (χ1n) is 4.44. The second-order valence-corrected chi connectivity index (χ2v) is 3.29. The molecule has 1 aromatic rings. The molecule has 13 heavy (non-hydrogen) atoms. The van der Waals surface area contributed by atoms with Crippen molar-refractivity contribution in [3.8, 4) is 0 Å². The van der Waals surface area contributed by atoms with E-state index in [4.69, 9.17) is 0 Å². The van der Waals surface area contributed by atoms with Crippen molar-refractivity contribution in [2.45, 2.75) is 31.8 Å². The molecule has 0 unspecified atom stereocenters. The van der Waals surface area contributed by atoms with E-state index in [1.165, 1.54) is 0 Å². The van der Waals surface area contributed by atoms with E-state index in [2.05, 4.69) is 10.1 Å². The Morgan fingerprint density at radius 1 is 1.77 bits per heavy atom. The zero-order chi connectivity index (χ0) is 9.31. The van der Waals surface area contributed by atoms with Gasteiger partial charge in [-0.25, -0.2) is 4.79 Å². The molecule has 0 spiro atoms. The zero-order valence-corrected chi connectivity index (χ0v) is 7.53. The summed E-state index contributed by atoms with van der Waals surface area (Å²) in [5.41, 5.74) is 0.583. The van der Waals surface area contributed by atoms with E-state index in [1.54, 1.807) is 6.08 Å². The van der Waals surface area contributed by atoms with Crippen molar-refractivity contribution in [2.75, 3.05) is 0 Å². The van der Waals surface area contributed by atoms with Crippen LogP contribution in [0.5, 0.6) is 0 Å². The second-order valence-electron chi connectivity index (χ2n) is 3.29. The van der Waals surface area contributed by atoms with Crippen molar-refractivity contribution < 1.29 is 4.79 Å². The first-order valence-corrected chi connectivity index (χ1v) is 4.44. The number of hydrogen-bond acceptors (Lipinski definition) is 3. The molecule has 1 fully saturated rings. The summed E-state index contributed by atoms with van der Waals surface area (Å²) in [6.07, 6.45) is 5.37. The highest BCUT2D eigenvalue weighted by atomic mass is 16.1. The van der Waals surface area contributed by atoms with Crippen LogP contribution in [0, 0.1) is 0 Å². The molecule has 0 atom stereocenters. The second kappa shape index (κ2) is 2.82. The van der Waals surface area contributed by atoms with Crippen LogP contribution in [0.3, 0.4) is 0 Å². The van der Waals surface area contributed by atoms with E-state index in [-0.39, 0.29) is 5.54 Å². The van der Waals surface area contributed by atoms with E-state index in [0.717, 1.165) is 25.1 Å². The minimum absolute atomic E-state index is 0.317. The Kier molecular flexibility index (Phi) is 1.78. The fourth-order valence-corrected chi connectivity index (χ4v) is 1.42. The normalized spacial score (nSPS) is 17.9. The van der Waals surface area contributed by atoms with E-state index >= 15 is 0 Å². The maximum Gasteiger partial charge on any atom is 0.235 e. The van der Waals surface area contributed by atoms with Gasteiger partial charge in [-0.1, -0.05) is 0 Å². The maximum absolute atomic E-state index is 10.2. The lowest BCUT2D eigenvalue weighted by Gasteiger charge is -2.01. The number of rotatable bonds is 3. The third kappa shape index (κ3) is 1.29. The largest absolute Gasteiger partial charge is 0.273 e. The average Bonchev–Trinajstić information content (AvgIpc) is 2.78. The van der Waals surface area contributed by atoms with Gasteiger partial charge in [0.15, 0.2) is 0 Å². The smallest absolute Gasteiger partial charge is 0.235 e. The third-order valence-electron chi connectivity index (χ3n) is 2.42. The molecule has 1 heterocycles. The Morgan fingerprint density at radius 3 is 3.00 bits per heavy atom. The lowest BCUT2D eigenvalue weighted by atomic mass is 10.2. The molecule has 0 saturated heterocycles. The summed E-state index contributed by atoms with van der Waals surface area (Å²) in [5, 5.41) is 4.33. The molecule has 1 aromatic heterocycles. The maximum atomic E-state index is 10.2. The third-order valence-corrected chi connectivity index (χ3v) is 2.42. The predicted molar refractivity (Wildman–Crippen MR) is 46.9 cm³/mol. The molecule has 4 heteroatoms. The Morgan fingerprint density at radius 2 is 2.54 bits per heavy atom. The van der Waals surface area contributed by atoms with E-state index in [1.807, 2.05) is 23.9 Å². The summed E-state index contributed by atoms with van der Waals surface area (Å²) in [7, 11) is 0. The molecule has 4 nitrogen and oxygen atoms in total. The Balaban J connectivity index is 2.30. The molecule has 0 bridgehead atoms. The van der Waals surface area contributed by atoms with Crippen LogP contribution in [0.25, 0.3) is 0 Å². The molecule has 0 aromatic carbocycles. The molecule has 0 N–H and O–H groups in total. The van der Waals surface area contributed by atoms with E-state index in [9.17, 15) is 4.79 Å². The Labute approximate surface area is 76.3 Å². The number of aromatic nitrogens is 2. The lowest BCUT2D eigenvalue weighted by molar-refractivity contribution is 0.552. The molecule has 2 rings (SSSR count). The van der Waals surface area contributed by atoms with Crippen molar-refractivity contribution in [3.05, 3.63) is 18.0 Å². The number of nitrogens with zero attached hydrogens (tertiary/aromatic N) is 3. The van der Waals surface area contributed by atoms with Crippen LogP contribution in [0.15, 0.2) is 17.3 Å². The van der Waals surface area contributed by atoms with Crippen molar-refractivity contribution in [3.63, 3.8) is 0 Å². The van der Waals surface area contributed by atoms with Crippen LogP contribution in [0.1, 0.15) is 25.5 Å². The van der Waals surface area contributed by atoms with E-state index < -0.39 is 0 Å². The van der Waals surface area contributed by atoms with E-state index in [0.29, 0.717) is 0 Å². The Bertz CT molecular complexity index is 359. The highest BCUT2D eigenvalue weighted by Gasteiger charge is 2.46. The number of aliphatic imine (C=N–C) groups is 1. The van der Waals surface area contributed by atoms with Gasteiger partial charge in [-0.15, -0.1) is 0 Å². The molecule has 1 aliphatic rings. The fourth-order valence-electron chi connectivity index (χ4n) is 1.42. The lowest BCUT2D eigenvalue weighted by Crippen LogP contribution is -2.05. The number of isocyanates is 1. The van der Waals surface area contributed by atoms with Crippen LogP contribution < -0.4 is 0 Å². The van der Waals surface area contributed by atoms with Gasteiger partial charge < -0.3 is 0 Å². The van der Waals surface area contributed by atoms with Crippen LogP contribution in [-0.4, -0.2) is 15.9 Å². The minimum atomic E-state index is -0.317. The van der Waals surface area contributed by atoms with Crippen molar-refractivity contribution in [1.29, 1.82) is 0 Å². The van der Waals surface area contributed by atoms with Gasteiger partial charge in [0, 0.05) is 12.7 Å². The summed E-state index contributed by atoms with van der Waals surface area (Å²) >= 11 is 0. The molecule has 1 aliphatic carbocycles. The fraction of sp³-hybridized carbons (Fsp3) is 0.556. The highest BCUT2D eigenvalue weighted by Crippen LogP contribution is 2.48. The monoisotopic (exact) mass is 177 g/mol. The van der Waals surface area contributed by atoms with Crippen molar-refractivity contribution in [1.82, 2.24) is 9.78 Å². The van der Waals surface area contributed by atoms with Gasteiger partial charge >= 0.3 is 0 Å². The first-order chi connectivity index (χ1) is 6.30. The first kappa shape index (κ1) is 8.20. The van der Waals surface area contributed by atoms with Crippen LogP contribution in [-0.2, 0) is 16.9 Å². The summed E-state index contributed by atoms with van der Waals surface area (Å²) in [6, 6.07) is 1.93.